The molecule has 1 aliphatic heterocycles. The van der Waals surface area contributed by atoms with E-state index in [0.29, 0.717) is 16.6 Å². The minimum atomic E-state index is -0.338. The maximum absolute atomic E-state index is 12.1. The molecule has 0 spiro atoms. The van der Waals surface area contributed by atoms with Crippen LogP contribution in [0.5, 0.6) is 0 Å². The second-order valence-electron chi connectivity index (χ2n) is 5.85. The standard InChI is InChI=1S/C18H18BrN3O2/c19-16-8-4-3-7-15(16)18(24)21-20-17(23)12-22-10-9-13-5-1-2-6-14(13)11-22/h1-8H,9-12H2,(H,20,23)(H,21,24)/p+1. The molecule has 1 heterocycles. The Bertz CT molecular complexity index is 763. The Morgan fingerprint density at radius 3 is 2.50 bits per heavy atom. The van der Waals surface area contributed by atoms with Crippen LogP contribution in [0.25, 0.3) is 0 Å². The molecule has 3 rings (SSSR count). The van der Waals surface area contributed by atoms with Gasteiger partial charge in [-0.3, -0.25) is 20.4 Å². The van der Waals surface area contributed by atoms with Crippen molar-refractivity contribution in [2.24, 2.45) is 0 Å². The second kappa shape index (κ2) is 7.59. The Balaban J connectivity index is 1.50. The Hall–Kier alpha value is -2.18. The van der Waals surface area contributed by atoms with E-state index in [9.17, 15) is 9.59 Å². The largest absolute Gasteiger partial charge is 0.323 e. The van der Waals surface area contributed by atoms with Crippen molar-refractivity contribution in [3.63, 3.8) is 0 Å². The Morgan fingerprint density at radius 1 is 1.00 bits per heavy atom. The summed E-state index contributed by atoms with van der Waals surface area (Å²) in [7, 11) is 0. The molecular weight excluding hydrogens is 370 g/mol. The molecule has 6 heteroatoms. The molecule has 2 aromatic rings. The lowest BCUT2D eigenvalue weighted by Crippen LogP contribution is -3.13. The van der Waals surface area contributed by atoms with E-state index in [1.807, 2.05) is 18.2 Å². The highest BCUT2D eigenvalue weighted by Crippen LogP contribution is 2.15. The van der Waals surface area contributed by atoms with Crippen molar-refractivity contribution in [3.8, 4) is 0 Å². The highest BCUT2D eigenvalue weighted by molar-refractivity contribution is 9.10. The summed E-state index contributed by atoms with van der Waals surface area (Å²) in [5.74, 6) is -0.528. The van der Waals surface area contributed by atoms with Crippen molar-refractivity contribution in [3.05, 3.63) is 69.7 Å². The Morgan fingerprint density at radius 2 is 1.71 bits per heavy atom. The molecule has 1 atom stereocenters. The van der Waals surface area contributed by atoms with Crippen molar-refractivity contribution >= 4 is 27.7 Å². The lowest BCUT2D eigenvalue weighted by Gasteiger charge is -2.25. The van der Waals surface area contributed by atoms with Gasteiger partial charge in [-0.1, -0.05) is 36.4 Å². The molecule has 0 aliphatic carbocycles. The van der Waals surface area contributed by atoms with Crippen LogP contribution >= 0.6 is 15.9 Å². The fourth-order valence-electron chi connectivity index (χ4n) is 2.90. The second-order valence-corrected chi connectivity index (χ2v) is 6.71. The van der Waals surface area contributed by atoms with Crippen molar-refractivity contribution in [1.29, 1.82) is 0 Å². The zero-order chi connectivity index (χ0) is 16.9. The van der Waals surface area contributed by atoms with E-state index in [2.05, 4.69) is 38.9 Å². The summed E-state index contributed by atoms with van der Waals surface area (Å²) < 4.78 is 0.690. The van der Waals surface area contributed by atoms with E-state index >= 15 is 0 Å². The fraction of sp³-hybridized carbons (Fsp3) is 0.222. The summed E-state index contributed by atoms with van der Waals surface area (Å²) in [5.41, 5.74) is 8.11. The van der Waals surface area contributed by atoms with E-state index in [4.69, 9.17) is 0 Å². The van der Waals surface area contributed by atoms with Crippen molar-refractivity contribution < 1.29 is 14.5 Å². The number of benzene rings is 2. The molecule has 0 fully saturated rings. The molecule has 1 unspecified atom stereocenters. The SMILES string of the molecule is O=C(C[NH+]1CCc2ccccc2C1)NNC(=O)c1ccccc1Br. The summed E-state index contributed by atoms with van der Waals surface area (Å²) in [6.07, 6.45) is 0.974. The molecule has 24 heavy (non-hydrogen) atoms. The first-order chi connectivity index (χ1) is 11.6. The van der Waals surface area contributed by atoms with Crippen LogP contribution in [0.1, 0.15) is 21.5 Å². The molecule has 0 aromatic heterocycles. The zero-order valence-electron chi connectivity index (χ0n) is 13.1. The van der Waals surface area contributed by atoms with Crippen molar-refractivity contribution in [1.82, 2.24) is 10.9 Å². The molecule has 5 nitrogen and oxygen atoms in total. The highest BCUT2D eigenvalue weighted by atomic mass is 79.9. The summed E-state index contributed by atoms with van der Waals surface area (Å²) in [6.45, 7) is 2.09. The van der Waals surface area contributed by atoms with Gasteiger partial charge in [0.2, 0.25) is 0 Å². The number of quaternary nitrogens is 1. The number of fused-ring (bicyclic) bond motifs is 1. The van der Waals surface area contributed by atoms with Gasteiger partial charge < -0.3 is 4.90 Å². The van der Waals surface area contributed by atoms with Crippen LogP contribution in [0.4, 0.5) is 0 Å². The smallest absolute Gasteiger partial charge is 0.293 e. The molecule has 0 saturated carbocycles. The number of carbonyl (C=O) groups is 2. The average molecular weight is 389 g/mol. The summed E-state index contributed by atoms with van der Waals surface area (Å²) >= 11 is 3.32. The zero-order valence-corrected chi connectivity index (χ0v) is 14.7. The normalized spacial score (nSPS) is 16.1. The number of hydrogen-bond donors (Lipinski definition) is 3. The maximum atomic E-state index is 12.1. The fourth-order valence-corrected chi connectivity index (χ4v) is 3.37. The number of amides is 2. The Labute approximate surface area is 149 Å². The average Bonchev–Trinajstić information content (AvgIpc) is 2.60. The van der Waals surface area contributed by atoms with Crippen LogP contribution in [-0.2, 0) is 17.8 Å². The number of hydrazine groups is 1. The van der Waals surface area contributed by atoms with Gasteiger partial charge in [0.05, 0.1) is 12.1 Å². The third-order valence-electron chi connectivity index (χ3n) is 4.15. The summed E-state index contributed by atoms with van der Waals surface area (Å²) in [5, 5.41) is 0. The summed E-state index contributed by atoms with van der Waals surface area (Å²) in [6, 6.07) is 15.4. The van der Waals surface area contributed by atoms with Gasteiger partial charge in [-0.15, -0.1) is 0 Å². The lowest BCUT2D eigenvalue weighted by molar-refractivity contribution is -0.908. The molecule has 3 N–H and O–H groups in total. The maximum Gasteiger partial charge on any atom is 0.293 e. The topological polar surface area (TPSA) is 62.6 Å². The van der Waals surface area contributed by atoms with Gasteiger partial charge in [0.15, 0.2) is 6.54 Å². The van der Waals surface area contributed by atoms with E-state index in [1.165, 1.54) is 16.0 Å². The Kier molecular flexibility index (Phi) is 5.27. The minimum absolute atomic E-state index is 0.190. The summed E-state index contributed by atoms with van der Waals surface area (Å²) in [4.78, 5) is 25.3. The number of rotatable bonds is 3. The van der Waals surface area contributed by atoms with Crippen molar-refractivity contribution in [2.75, 3.05) is 13.1 Å². The van der Waals surface area contributed by atoms with Crippen LogP contribution in [0.3, 0.4) is 0 Å². The number of halogens is 1. The number of hydrogen-bond acceptors (Lipinski definition) is 2. The van der Waals surface area contributed by atoms with Crippen LogP contribution in [0, 0.1) is 0 Å². The highest BCUT2D eigenvalue weighted by Gasteiger charge is 2.21. The van der Waals surface area contributed by atoms with Crippen molar-refractivity contribution in [2.45, 2.75) is 13.0 Å². The monoisotopic (exact) mass is 388 g/mol. The number of nitrogens with one attached hydrogen (secondary N) is 3. The molecule has 1 aliphatic rings. The first-order valence-electron chi connectivity index (χ1n) is 7.87. The van der Waals surface area contributed by atoms with Gasteiger partial charge in [-0.25, -0.2) is 0 Å². The van der Waals surface area contributed by atoms with E-state index in [0.717, 1.165) is 19.5 Å². The van der Waals surface area contributed by atoms with Crippen LogP contribution < -0.4 is 15.8 Å². The van der Waals surface area contributed by atoms with E-state index in [-0.39, 0.29) is 11.8 Å². The van der Waals surface area contributed by atoms with Gasteiger partial charge in [0.25, 0.3) is 11.8 Å². The van der Waals surface area contributed by atoms with E-state index in [1.54, 1.807) is 18.2 Å². The molecule has 0 radical (unpaired) electrons. The molecule has 124 valence electrons. The van der Waals surface area contributed by atoms with Crippen LogP contribution in [0.15, 0.2) is 53.0 Å². The van der Waals surface area contributed by atoms with Gasteiger partial charge in [0.1, 0.15) is 6.54 Å². The molecule has 2 amide bonds. The predicted octanol–water partition coefficient (Wildman–Crippen LogP) is 0.851. The first kappa shape index (κ1) is 16.7. The third kappa shape index (κ3) is 4.01. The van der Waals surface area contributed by atoms with Gasteiger partial charge in [0, 0.05) is 16.5 Å². The molecular formula is C18H19BrN3O2+. The predicted molar refractivity (Wildman–Crippen MR) is 94.3 cm³/mol. The van der Waals surface area contributed by atoms with E-state index < -0.39 is 0 Å². The molecule has 0 saturated heterocycles. The lowest BCUT2D eigenvalue weighted by atomic mass is 10.00. The van der Waals surface area contributed by atoms with Gasteiger partial charge in [-0.2, -0.15) is 0 Å². The molecule has 0 bridgehead atoms. The molecule has 2 aromatic carbocycles. The third-order valence-corrected chi connectivity index (χ3v) is 4.84. The van der Waals surface area contributed by atoms with Crippen LogP contribution in [0.2, 0.25) is 0 Å². The quantitative estimate of drug-likeness (QED) is 0.682. The first-order valence-corrected chi connectivity index (χ1v) is 8.67. The minimum Gasteiger partial charge on any atom is -0.323 e. The number of carbonyl (C=O) groups excluding carboxylic acids is 2. The van der Waals surface area contributed by atoms with Crippen LogP contribution in [-0.4, -0.2) is 24.9 Å². The van der Waals surface area contributed by atoms with Gasteiger partial charge >= 0.3 is 0 Å². The van der Waals surface area contributed by atoms with Gasteiger partial charge in [-0.05, 0) is 33.6 Å².